The zero-order chi connectivity index (χ0) is 12.0. The summed E-state index contributed by atoms with van der Waals surface area (Å²) in [4.78, 5) is 15.0. The second-order valence-electron chi connectivity index (χ2n) is 4.86. The Morgan fingerprint density at radius 3 is 2.31 bits per heavy atom. The number of rotatable bonds is 6. The highest BCUT2D eigenvalue weighted by Gasteiger charge is 2.19. The maximum Gasteiger partial charge on any atom is 0.317 e. The summed E-state index contributed by atoms with van der Waals surface area (Å²) in [6, 6.07) is 0. The number of carboxylic acids is 1. The van der Waals surface area contributed by atoms with E-state index in [2.05, 4.69) is 18.7 Å². The van der Waals surface area contributed by atoms with Crippen molar-refractivity contribution in [1.29, 1.82) is 0 Å². The lowest BCUT2D eigenvalue weighted by Crippen LogP contribution is -2.48. The van der Waals surface area contributed by atoms with Crippen LogP contribution in [0.5, 0.6) is 0 Å². The fraction of sp³-hybridized carbons (Fsp3) is 0.917. The smallest absolute Gasteiger partial charge is 0.317 e. The largest absolute Gasteiger partial charge is 0.480 e. The van der Waals surface area contributed by atoms with E-state index < -0.39 is 5.97 Å². The molecule has 0 aromatic heterocycles. The Hall–Kier alpha value is -0.610. The summed E-state index contributed by atoms with van der Waals surface area (Å²) >= 11 is 0. The van der Waals surface area contributed by atoms with Crippen molar-refractivity contribution >= 4 is 5.97 Å². The highest BCUT2D eigenvalue weighted by atomic mass is 16.4. The zero-order valence-corrected chi connectivity index (χ0v) is 10.5. The molecule has 0 bridgehead atoms. The van der Waals surface area contributed by atoms with Crippen molar-refractivity contribution in [1.82, 2.24) is 9.80 Å². The average molecular weight is 228 g/mol. The molecule has 16 heavy (non-hydrogen) atoms. The van der Waals surface area contributed by atoms with E-state index in [4.69, 9.17) is 5.11 Å². The number of hydrogen-bond acceptors (Lipinski definition) is 3. The van der Waals surface area contributed by atoms with E-state index in [0.717, 1.165) is 38.6 Å². The van der Waals surface area contributed by atoms with Crippen LogP contribution in [0.3, 0.4) is 0 Å². The summed E-state index contributed by atoms with van der Waals surface area (Å²) in [7, 11) is 0. The first kappa shape index (κ1) is 13.5. The van der Waals surface area contributed by atoms with Gasteiger partial charge in [0.15, 0.2) is 0 Å². The van der Waals surface area contributed by atoms with E-state index >= 15 is 0 Å². The van der Waals surface area contributed by atoms with Crippen molar-refractivity contribution in [2.75, 3.05) is 39.3 Å². The Labute approximate surface area is 98.2 Å². The van der Waals surface area contributed by atoms with Gasteiger partial charge in [-0.15, -0.1) is 0 Å². The Morgan fingerprint density at radius 1 is 1.25 bits per heavy atom. The van der Waals surface area contributed by atoms with Crippen LogP contribution in [0.2, 0.25) is 0 Å². The van der Waals surface area contributed by atoms with E-state index in [1.165, 1.54) is 12.8 Å². The number of piperazine rings is 1. The van der Waals surface area contributed by atoms with Crippen LogP contribution in [0.15, 0.2) is 0 Å². The van der Waals surface area contributed by atoms with Crippen LogP contribution in [0.25, 0.3) is 0 Å². The minimum Gasteiger partial charge on any atom is -0.480 e. The van der Waals surface area contributed by atoms with Crippen LogP contribution in [0.1, 0.15) is 26.7 Å². The molecule has 1 atom stereocenters. The standard InChI is InChI=1S/C12H24N2O2/c1-3-4-11(2)9-13-5-7-14(8-6-13)10-12(15)16/h11H,3-10H2,1-2H3,(H,15,16). The second kappa shape index (κ2) is 6.86. The summed E-state index contributed by atoms with van der Waals surface area (Å²) in [6.07, 6.45) is 2.54. The van der Waals surface area contributed by atoms with Crippen LogP contribution < -0.4 is 0 Å². The highest BCUT2D eigenvalue weighted by Crippen LogP contribution is 2.09. The van der Waals surface area contributed by atoms with Gasteiger partial charge in [0.25, 0.3) is 0 Å². The van der Waals surface area contributed by atoms with Gasteiger partial charge in [0.05, 0.1) is 6.54 Å². The van der Waals surface area contributed by atoms with Crippen molar-refractivity contribution < 1.29 is 9.90 Å². The molecule has 0 aromatic carbocycles. The van der Waals surface area contributed by atoms with E-state index in [-0.39, 0.29) is 6.54 Å². The monoisotopic (exact) mass is 228 g/mol. The molecular weight excluding hydrogens is 204 g/mol. The molecule has 0 radical (unpaired) electrons. The number of aliphatic carboxylic acids is 1. The molecule has 4 heteroatoms. The summed E-state index contributed by atoms with van der Waals surface area (Å²) in [6.45, 7) is 9.69. The van der Waals surface area contributed by atoms with Gasteiger partial charge in [0, 0.05) is 32.7 Å². The lowest BCUT2D eigenvalue weighted by atomic mass is 10.1. The first-order chi connectivity index (χ1) is 7.61. The van der Waals surface area contributed by atoms with Crippen LogP contribution in [-0.4, -0.2) is 60.1 Å². The van der Waals surface area contributed by atoms with Crippen molar-refractivity contribution in [2.45, 2.75) is 26.7 Å². The maximum absolute atomic E-state index is 10.6. The number of hydrogen-bond donors (Lipinski definition) is 1. The molecule has 1 aliphatic heterocycles. The fourth-order valence-electron chi connectivity index (χ4n) is 2.35. The van der Waals surface area contributed by atoms with Crippen LogP contribution >= 0.6 is 0 Å². The molecule has 0 aliphatic carbocycles. The van der Waals surface area contributed by atoms with Gasteiger partial charge in [0.1, 0.15) is 0 Å². The van der Waals surface area contributed by atoms with Gasteiger partial charge >= 0.3 is 5.97 Å². The summed E-state index contributed by atoms with van der Waals surface area (Å²) in [5.74, 6) is 0.0452. The lowest BCUT2D eigenvalue weighted by Gasteiger charge is -2.35. The molecule has 0 saturated carbocycles. The van der Waals surface area contributed by atoms with Gasteiger partial charge in [0.2, 0.25) is 0 Å². The molecule has 1 aliphatic rings. The summed E-state index contributed by atoms with van der Waals surface area (Å²) in [5.41, 5.74) is 0. The molecule has 0 amide bonds. The number of carboxylic acid groups (broad SMARTS) is 1. The molecular formula is C12H24N2O2. The fourth-order valence-corrected chi connectivity index (χ4v) is 2.35. The third-order valence-corrected chi connectivity index (χ3v) is 3.18. The maximum atomic E-state index is 10.6. The van der Waals surface area contributed by atoms with Gasteiger partial charge in [-0.3, -0.25) is 9.69 Å². The molecule has 0 aromatic rings. The Kier molecular flexibility index (Phi) is 5.77. The normalized spacial score (nSPS) is 20.9. The highest BCUT2D eigenvalue weighted by molar-refractivity contribution is 5.69. The van der Waals surface area contributed by atoms with E-state index in [1.54, 1.807) is 0 Å². The van der Waals surface area contributed by atoms with E-state index in [1.807, 2.05) is 4.90 Å². The SMILES string of the molecule is CCCC(C)CN1CCN(CC(=O)O)CC1. The molecule has 1 saturated heterocycles. The third-order valence-electron chi connectivity index (χ3n) is 3.18. The van der Waals surface area contributed by atoms with Crippen molar-refractivity contribution in [3.8, 4) is 0 Å². The molecule has 4 nitrogen and oxygen atoms in total. The molecule has 0 spiro atoms. The van der Waals surface area contributed by atoms with Crippen LogP contribution in [0.4, 0.5) is 0 Å². The topological polar surface area (TPSA) is 43.8 Å². The first-order valence-electron chi connectivity index (χ1n) is 6.28. The zero-order valence-electron chi connectivity index (χ0n) is 10.5. The van der Waals surface area contributed by atoms with Crippen LogP contribution in [0, 0.1) is 5.92 Å². The van der Waals surface area contributed by atoms with Gasteiger partial charge in [-0.25, -0.2) is 0 Å². The van der Waals surface area contributed by atoms with Gasteiger partial charge < -0.3 is 10.0 Å². The lowest BCUT2D eigenvalue weighted by molar-refractivity contribution is -0.138. The molecule has 1 unspecified atom stereocenters. The number of carbonyl (C=O) groups is 1. The first-order valence-corrected chi connectivity index (χ1v) is 6.28. The van der Waals surface area contributed by atoms with E-state index in [9.17, 15) is 4.79 Å². The molecule has 1 fully saturated rings. The molecule has 1 N–H and O–H groups in total. The van der Waals surface area contributed by atoms with Crippen molar-refractivity contribution in [2.24, 2.45) is 5.92 Å². The molecule has 94 valence electrons. The van der Waals surface area contributed by atoms with E-state index in [0.29, 0.717) is 0 Å². The molecule has 1 heterocycles. The predicted molar refractivity (Wildman–Crippen MR) is 64.6 cm³/mol. The number of nitrogens with zero attached hydrogens (tertiary/aromatic N) is 2. The Balaban J connectivity index is 2.18. The van der Waals surface area contributed by atoms with Gasteiger partial charge in [-0.05, 0) is 12.3 Å². The summed E-state index contributed by atoms with van der Waals surface area (Å²) < 4.78 is 0. The Morgan fingerprint density at radius 2 is 1.81 bits per heavy atom. The Bertz CT molecular complexity index is 213. The predicted octanol–water partition coefficient (Wildman–Crippen LogP) is 1.12. The molecule has 1 rings (SSSR count). The quantitative estimate of drug-likeness (QED) is 0.740. The van der Waals surface area contributed by atoms with Crippen LogP contribution in [-0.2, 0) is 4.79 Å². The van der Waals surface area contributed by atoms with Gasteiger partial charge in [-0.1, -0.05) is 20.3 Å². The van der Waals surface area contributed by atoms with Crippen molar-refractivity contribution in [3.63, 3.8) is 0 Å². The minimum atomic E-state index is -0.715. The minimum absolute atomic E-state index is 0.193. The summed E-state index contributed by atoms with van der Waals surface area (Å²) in [5, 5.41) is 8.69. The van der Waals surface area contributed by atoms with Gasteiger partial charge in [-0.2, -0.15) is 0 Å². The average Bonchev–Trinajstić information content (AvgIpc) is 2.20. The second-order valence-corrected chi connectivity index (χ2v) is 4.86. The third kappa shape index (κ3) is 4.94. The van der Waals surface area contributed by atoms with Crippen molar-refractivity contribution in [3.05, 3.63) is 0 Å².